The SMILES string of the molecule is O=C1COC2(CCCCC2)N1Cc1ccccc1. The molecule has 18 heavy (non-hydrogen) atoms. The van der Waals surface area contributed by atoms with Crippen LogP contribution in [0.4, 0.5) is 0 Å². The summed E-state index contributed by atoms with van der Waals surface area (Å²) < 4.78 is 5.85. The fourth-order valence-electron chi connectivity index (χ4n) is 3.10. The van der Waals surface area contributed by atoms with E-state index in [1.807, 2.05) is 23.1 Å². The van der Waals surface area contributed by atoms with Crippen molar-refractivity contribution in [1.29, 1.82) is 0 Å². The minimum absolute atomic E-state index is 0.140. The van der Waals surface area contributed by atoms with Gasteiger partial charge in [0.15, 0.2) is 0 Å². The second-order valence-electron chi connectivity index (χ2n) is 5.26. The van der Waals surface area contributed by atoms with Gasteiger partial charge in [-0.15, -0.1) is 0 Å². The van der Waals surface area contributed by atoms with Gasteiger partial charge in [0.1, 0.15) is 12.3 Å². The Morgan fingerprint density at radius 3 is 2.56 bits per heavy atom. The minimum Gasteiger partial charge on any atom is -0.346 e. The molecule has 1 amide bonds. The molecule has 1 aromatic rings. The van der Waals surface area contributed by atoms with Crippen LogP contribution in [-0.2, 0) is 16.1 Å². The Morgan fingerprint density at radius 2 is 1.83 bits per heavy atom. The predicted molar refractivity (Wildman–Crippen MR) is 68.8 cm³/mol. The molecule has 1 spiro atoms. The van der Waals surface area contributed by atoms with Crippen LogP contribution in [0.15, 0.2) is 30.3 Å². The second-order valence-corrected chi connectivity index (χ2v) is 5.26. The lowest BCUT2D eigenvalue weighted by Crippen LogP contribution is -2.47. The molecule has 0 bridgehead atoms. The number of benzene rings is 1. The van der Waals surface area contributed by atoms with E-state index in [0.717, 1.165) is 12.8 Å². The zero-order chi connectivity index (χ0) is 12.4. The van der Waals surface area contributed by atoms with Crippen molar-refractivity contribution in [3.8, 4) is 0 Å². The van der Waals surface area contributed by atoms with E-state index >= 15 is 0 Å². The van der Waals surface area contributed by atoms with Crippen LogP contribution in [0.1, 0.15) is 37.7 Å². The zero-order valence-corrected chi connectivity index (χ0v) is 10.6. The van der Waals surface area contributed by atoms with Crippen LogP contribution >= 0.6 is 0 Å². The minimum atomic E-state index is -0.300. The summed E-state index contributed by atoms with van der Waals surface area (Å²) in [5, 5.41) is 0. The third-order valence-corrected chi connectivity index (χ3v) is 4.08. The van der Waals surface area contributed by atoms with Crippen LogP contribution < -0.4 is 0 Å². The summed E-state index contributed by atoms with van der Waals surface area (Å²) in [5.74, 6) is 0.140. The predicted octanol–water partition coefficient (Wildman–Crippen LogP) is 2.71. The molecule has 2 aliphatic rings. The maximum absolute atomic E-state index is 12.1. The molecular weight excluding hydrogens is 226 g/mol. The summed E-state index contributed by atoms with van der Waals surface area (Å²) in [6.07, 6.45) is 5.58. The number of carbonyl (C=O) groups is 1. The Labute approximate surface area is 108 Å². The number of amides is 1. The molecular formula is C15H19NO2. The number of hydrogen-bond donors (Lipinski definition) is 0. The molecule has 2 fully saturated rings. The molecule has 96 valence electrons. The standard InChI is InChI=1S/C15H19NO2/c17-14-12-18-15(9-5-2-6-10-15)16(14)11-13-7-3-1-4-8-13/h1,3-4,7-8H,2,5-6,9-12H2. The van der Waals surface area contributed by atoms with Crippen LogP contribution in [0, 0.1) is 0 Å². The Bertz CT molecular complexity index is 423. The molecule has 1 aromatic carbocycles. The van der Waals surface area contributed by atoms with Gasteiger partial charge in [-0.1, -0.05) is 36.8 Å². The number of rotatable bonds is 2. The average Bonchev–Trinajstić information content (AvgIpc) is 2.71. The molecule has 0 atom stereocenters. The lowest BCUT2D eigenvalue weighted by molar-refractivity contribution is -0.139. The molecule has 1 aliphatic heterocycles. The third kappa shape index (κ3) is 2.03. The Morgan fingerprint density at radius 1 is 1.11 bits per heavy atom. The quantitative estimate of drug-likeness (QED) is 0.801. The van der Waals surface area contributed by atoms with Crippen molar-refractivity contribution < 1.29 is 9.53 Å². The average molecular weight is 245 g/mol. The number of ether oxygens (including phenoxy) is 1. The van der Waals surface area contributed by atoms with E-state index < -0.39 is 0 Å². The summed E-state index contributed by atoms with van der Waals surface area (Å²) >= 11 is 0. The van der Waals surface area contributed by atoms with Gasteiger partial charge < -0.3 is 9.64 Å². The van der Waals surface area contributed by atoms with Crippen LogP contribution in [0.5, 0.6) is 0 Å². The summed E-state index contributed by atoms with van der Waals surface area (Å²) in [6.45, 7) is 0.937. The summed E-state index contributed by atoms with van der Waals surface area (Å²) in [4.78, 5) is 14.0. The van der Waals surface area contributed by atoms with E-state index in [1.165, 1.54) is 24.8 Å². The van der Waals surface area contributed by atoms with Crippen molar-refractivity contribution >= 4 is 5.91 Å². The third-order valence-electron chi connectivity index (χ3n) is 4.08. The normalized spacial score (nSPS) is 22.7. The van der Waals surface area contributed by atoms with Gasteiger partial charge in [0.25, 0.3) is 5.91 Å². The Balaban J connectivity index is 1.81. The van der Waals surface area contributed by atoms with E-state index in [0.29, 0.717) is 6.54 Å². The molecule has 3 nitrogen and oxygen atoms in total. The van der Waals surface area contributed by atoms with Crippen LogP contribution in [0.25, 0.3) is 0 Å². The molecule has 1 heterocycles. The van der Waals surface area contributed by atoms with Gasteiger partial charge >= 0.3 is 0 Å². The van der Waals surface area contributed by atoms with Crippen molar-refractivity contribution in [2.75, 3.05) is 6.61 Å². The molecule has 1 saturated heterocycles. The van der Waals surface area contributed by atoms with Crippen molar-refractivity contribution in [2.45, 2.75) is 44.4 Å². The van der Waals surface area contributed by atoms with Gasteiger partial charge in [0.05, 0.1) is 0 Å². The molecule has 0 unspecified atom stereocenters. The highest BCUT2D eigenvalue weighted by Gasteiger charge is 2.46. The molecule has 1 saturated carbocycles. The van der Waals surface area contributed by atoms with Gasteiger partial charge in [0.2, 0.25) is 0 Å². The largest absolute Gasteiger partial charge is 0.346 e. The topological polar surface area (TPSA) is 29.5 Å². The molecule has 3 heteroatoms. The summed E-state index contributed by atoms with van der Waals surface area (Å²) in [5.41, 5.74) is 0.881. The first kappa shape index (κ1) is 11.7. The van der Waals surface area contributed by atoms with Gasteiger partial charge in [0, 0.05) is 6.54 Å². The zero-order valence-electron chi connectivity index (χ0n) is 10.6. The Hall–Kier alpha value is -1.35. The highest BCUT2D eigenvalue weighted by molar-refractivity contribution is 5.80. The first-order chi connectivity index (χ1) is 8.80. The smallest absolute Gasteiger partial charge is 0.251 e. The first-order valence-electron chi connectivity index (χ1n) is 6.79. The van der Waals surface area contributed by atoms with Gasteiger partial charge in [-0.3, -0.25) is 4.79 Å². The van der Waals surface area contributed by atoms with Crippen molar-refractivity contribution in [3.05, 3.63) is 35.9 Å². The number of nitrogens with zero attached hydrogens (tertiary/aromatic N) is 1. The lowest BCUT2D eigenvalue weighted by Gasteiger charge is -2.40. The molecule has 0 radical (unpaired) electrons. The van der Waals surface area contributed by atoms with Gasteiger partial charge in [-0.05, 0) is 31.2 Å². The fourth-order valence-corrected chi connectivity index (χ4v) is 3.10. The fraction of sp³-hybridized carbons (Fsp3) is 0.533. The van der Waals surface area contributed by atoms with Crippen LogP contribution in [0.3, 0.4) is 0 Å². The van der Waals surface area contributed by atoms with E-state index in [2.05, 4.69) is 12.1 Å². The molecule has 0 N–H and O–H groups in total. The van der Waals surface area contributed by atoms with Crippen molar-refractivity contribution in [1.82, 2.24) is 4.90 Å². The van der Waals surface area contributed by atoms with Gasteiger partial charge in [-0.2, -0.15) is 0 Å². The summed E-state index contributed by atoms with van der Waals surface area (Å²) in [7, 11) is 0. The molecule has 3 rings (SSSR count). The van der Waals surface area contributed by atoms with Crippen molar-refractivity contribution in [3.63, 3.8) is 0 Å². The lowest BCUT2D eigenvalue weighted by atomic mass is 9.90. The highest BCUT2D eigenvalue weighted by Crippen LogP contribution is 2.39. The van der Waals surface area contributed by atoms with Crippen molar-refractivity contribution in [2.24, 2.45) is 0 Å². The number of hydrogen-bond acceptors (Lipinski definition) is 2. The van der Waals surface area contributed by atoms with E-state index in [1.54, 1.807) is 0 Å². The summed E-state index contributed by atoms with van der Waals surface area (Å²) in [6, 6.07) is 10.2. The molecule has 1 aliphatic carbocycles. The second kappa shape index (κ2) is 4.73. The highest BCUT2D eigenvalue weighted by atomic mass is 16.5. The number of carbonyl (C=O) groups excluding carboxylic acids is 1. The first-order valence-corrected chi connectivity index (χ1v) is 6.79. The monoisotopic (exact) mass is 245 g/mol. The van der Waals surface area contributed by atoms with Crippen LogP contribution in [0.2, 0.25) is 0 Å². The van der Waals surface area contributed by atoms with E-state index in [4.69, 9.17) is 4.74 Å². The van der Waals surface area contributed by atoms with Gasteiger partial charge in [-0.25, -0.2) is 0 Å². The van der Waals surface area contributed by atoms with E-state index in [9.17, 15) is 4.79 Å². The van der Waals surface area contributed by atoms with Crippen LogP contribution in [-0.4, -0.2) is 23.1 Å². The van der Waals surface area contributed by atoms with E-state index in [-0.39, 0.29) is 18.2 Å². The maximum atomic E-state index is 12.1. The molecule has 0 aromatic heterocycles. The maximum Gasteiger partial charge on any atom is 0.251 e. The Kier molecular flexibility index (Phi) is 3.08.